The minimum atomic E-state index is -0.114. The summed E-state index contributed by atoms with van der Waals surface area (Å²) in [4.78, 5) is 14.5. The zero-order valence-corrected chi connectivity index (χ0v) is 12.7. The number of hydrogen-bond acceptors (Lipinski definition) is 4. The van der Waals surface area contributed by atoms with Crippen molar-refractivity contribution in [1.82, 2.24) is 10.1 Å². The van der Waals surface area contributed by atoms with E-state index in [-0.39, 0.29) is 17.7 Å². The third-order valence-electron chi connectivity index (χ3n) is 4.30. The van der Waals surface area contributed by atoms with Crippen molar-refractivity contribution in [2.24, 2.45) is 11.7 Å². The lowest BCUT2D eigenvalue weighted by atomic mass is 9.92. The van der Waals surface area contributed by atoms with Crippen LogP contribution in [0.1, 0.15) is 30.3 Å². The number of rotatable bonds is 3. The minimum absolute atomic E-state index is 0.0847. The molecule has 3 rings (SSSR count). The Labute approximate surface area is 130 Å². The quantitative estimate of drug-likeness (QED) is 0.945. The van der Waals surface area contributed by atoms with Crippen LogP contribution in [-0.2, 0) is 0 Å². The Kier molecular flexibility index (Phi) is 4.24. The van der Waals surface area contributed by atoms with Gasteiger partial charge in [-0.3, -0.25) is 4.79 Å². The van der Waals surface area contributed by atoms with Crippen LogP contribution in [0.25, 0.3) is 11.3 Å². The summed E-state index contributed by atoms with van der Waals surface area (Å²) in [5.74, 6) is 0.774. The van der Waals surface area contributed by atoms with Gasteiger partial charge in [0.1, 0.15) is 5.69 Å². The highest BCUT2D eigenvalue weighted by Crippen LogP contribution is 2.25. The molecular weight excluding hydrogens is 278 g/mol. The van der Waals surface area contributed by atoms with Gasteiger partial charge in [-0.2, -0.15) is 0 Å². The first-order chi connectivity index (χ1) is 10.7. The molecule has 0 spiro atoms. The van der Waals surface area contributed by atoms with Crippen LogP contribution in [0.4, 0.5) is 0 Å². The highest BCUT2D eigenvalue weighted by Gasteiger charge is 2.31. The van der Waals surface area contributed by atoms with Gasteiger partial charge in [-0.25, -0.2) is 0 Å². The van der Waals surface area contributed by atoms with Crippen LogP contribution in [0.3, 0.4) is 0 Å². The number of aromatic nitrogens is 1. The van der Waals surface area contributed by atoms with Gasteiger partial charge in [0, 0.05) is 30.8 Å². The summed E-state index contributed by atoms with van der Waals surface area (Å²) in [7, 11) is 0. The zero-order chi connectivity index (χ0) is 15.5. The number of hydrogen-bond donors (Lipinski definition) is 1. The molecule has 0 bridgehead atoms. The number of likely N-dealkylation sites (tertiary alicyclic amines) is 1. The lowest BCUT2D eigenvalue weighted by Gasteiger charge is -2.37. The lowest BCUT2D eigenvalue weighted by molar-refractivity contribution is 0.0532. The van der Waals surface area contributed by atoms with Crippen molar-refractivity contribution in [3.05, 3.63) is 42.2 Å². The number of nitrogens with two attached hydrogens (primary N) is 1. The molecule has 22 heavy (non-hydrogen) atoms. The Balaban J connectivity index is 1.79. The van der Waals surface area contributed by atoms with Gasteiger partial charge in [0.2, 0.25) is 5.76 Å². The van der Waals surface area contributed by atoms with Crippen LogP contribution in [0.2, 0.25) is 0 Å². The summed E-state index contributed by atoms with van der Waals surface area (Å²) in [6, 6.07) is 11.5. The third-order valence-corrected chi connectivity index (χ3v) is 4.30. The lowest BCUT2D eigenvalue weighted by Crippen LogP contribution is -2.49. The SMILES string of the molecule is CC1CCN(C(=O)c2cc(-c3ccccc3)no2)C(CN)C1. The highest BCUT2D eigenvalue weighted by molar-refractivity contribution is 5.92. The van der Waals surface area contributed by atoms with Crippen molar-refractivity contribution < 1.29 is 9.32 Å². The topological polar surface area (TPSA) is 72.4 Å². The van der Waals surface area contributed by atoms with Gasteiger partial charge in [-0.1, -0.05) is 42.4 Å². The molecule has 1 saturated heterocycles. The molecule has 2 unspecified atom stereocenters. The van der Waals surface area contributed by atoms with Crippen LogP contribution in [-0.4, -0.2) is 35.1 Å². The predicted molar refractivity (Wildman–Crippen MR) is 84.2 cm³/mol. The molecule has 0 radical (unpaired) electrons. The summed E-state index contributed by atoms with van der Waals surface area (Å²) in [5.41, 5.74) is 7.45. The molecule has 2 aromatic rings. The van der Waals surface area contributed by atoms with E-state index in [0.717, 1.165) is 24.9 Å². The van der Waals surface area contributed by atoms with E-state index in [0.29, 0.717) is 18.2 Å². The molecular formula is C17H21N3O2. The van der Waals surface area contributed by atoms with Crippen molar-refractivity contribution in [1.29, 1.82) is 0 Å². The molecule has 2 N–H and O–H groups in total. The summed E-state index contributed by atoms with van der Waals surface area (Å²) in [6.07, 6.45) is 1.95. The van der Waals surface area contributed by atoms with Crippen LogP contribution in [0.5, 0.6) is 0 Å². The second-order valence-corrected chi connectivity index (χ2v) is 5.96. The molecule has 2 heterocycles. The van der Waals surface area contributed by atoms with Gasteiger partial charge in [-0.05, 0) is 18.8 Å². The zero-order valence-electron chi connectivity index (χ0n) is 12.7. The maximum absolute atomic E-state index is 12.7. The average Bonchev–Trinajstić information content (AvgIpc) is 3.05. The number of carbonyl (C=O) groups excluding carboxylic acids is 1. The third kappa shape index (κ3) is 2.90. The van der Waals surface area contributed by atoms with Crippen molar-refractivity contribution in [3.63, 3.8) is 0 Å². The Morgan fingerprint density at radius 1 is 1.41 bits per heavy atom. The van der Waals surface area contributed by atoms with Gasteiger partial charge >= 0.3 is 0 Å². The van der Waals surface area contributed by atoms with Gasteiger partial charge < -0.3 is 15.2 Å². The van der Waals surface area contributed by atoms with E-state index in [1.54, 1.807) is 6.07 Å². The van der Waals surface area contributed by atoms with Gasteiger partial charge in [-0.15, -0.1) is 0 Å². The molecule has 1 amide bonds. The van der Waals surface area contributed by atoms with Crippen molar-refractivity contribution >= 4 is 5.91 Å². The molecule has 5 nitrogen and oxygen atoms in total. The summed E-state index contributed by atoms with van der Waals surface area (Å²) >= 11 is 0. The van der Waals surface area contributed by atoms with Crippen molar-refractivity contribution in [2.45, 2.75) is 25.8 Å². The summed E-state index contributed by atoms with van der Waals surface area (Å²) in [5, 5.41) is 4.01. The Morgan fingerprint density at radius 2 is 2.18 bits per heavy atom. The average molecular weight is 299 g/mol. The molecule has 116 valence electrons. The fourth-order valence-electron chi connectivity index (χ4n) is 3.00. The molecule has 0 saturated carbocycles. The maximum atomic E-state index is 12.7. The van der Waals surface area contributed by atoms with Crippen molar-refractivity contribution in [3.8, 4) is 11.3 Å². The fourth-order valence-corrected chi connectivity index (χ4v) is 3.00. The van der Waals surface area contributed by atoms with Crippen LogP contribution in [0.15, 0.2) is 40.9 Å². The maximum Gasteiger partial charge on any atom is 0.292 e. The van der Waals surface area contributed by atoms with E-state index < -0.39 is 0 Å². The molecule has 1 aliphatic rings. The predicted octanol–water partition coefficient (Wildman–Crippen LogP) is 2.54. The van der Waals surface area contributed by atoms with E-state index in [2.05, 4.69) is 12.1 Å². The molecule has 1 fully saturated rings. The Bertz CT molecular complexity index is 638. The van der Waals surface area contributed by atoms with E-state index in [9.17, 15) is 4.79 Å². The number of nitrogens with zero attached hydrogens (tertiary/aromatic N) is 2. The first-order valence-corrected chi connectivity index (χ1v) is 7.72. The number of benzene rings is 1. The Morgan fingerprint density at radius 3 is 2.91 bits per heavy atom. The van der Waals surface area contributed by atoms with E-state index in [1.165, 1.54) is 0 Å². The second-order valence-electron chi connectivity index (χ2n) is 5.96. The van der Waals surface area contributed by atoms with Gasteiger partial charge in [0.15, 0.2) is 0 Å². The van der Waals surface area contributed by atoms with E-state index in [1.807, 2.05) is 35.2 Å². The normalized spacial score (nSPS) is 21.8. The van der Waals surface area contributed by atoms with E-state index in [4.69, 9.17) is 10.3 Å². The van der Waals surface area contributed by atoms with Crippen molar-refractivity contribution in [2.75, 3.05) is 13.1 Å². The summed E-state index contributed by atoms with van der Waals surface area (Å²) < 4.78 is 5.27. The van der Waals surface area contributed by atoms with Crippen LogP contribution in [0, 0.1) is 5.92 Å². The van der Waals surface area contributed by atoms with Crippen LogP contribution < -0.4 is 5.73 Å². The van der Waals surface area contributed by atoms with Crippen LogP contribution >= 0.6 is 0 Å². The summed E-state index contributed by atoms with van der Waals surface area (Å²) in [6.45, 7) is 3.41. The number of carbonyl (C=O) groups is 1. The van der Waals surface area contributed by atoms with Gasteiger partial charge in [0.05, 0.1) is 0 Å². The Hall–Kier alpha value is -2.14. The molecule has 1 aromatic heterocycles. The molecule has 1 aliphatic heterocycles. The number of piperidine rings is 1. The molecule has 2 atom stereocenters. The molecule has 0 aliphatic carbocycles. The number of amides is 1. The standard InChI is InChI=1S/C17H21N3O2/c1-12-7-8-20(14(9-12)11-18)17(21)16-10-15(19-22-16)13-5-3-2-4-6-13/h2-6,10,12,14H,7-9,11,18H2,1H3. The first kappa shape index (κ1) is 14.8. The first-order valence-electron chi connectivity index (χ1n) is 7.72. The van der Waals surface area contributed by atoms with E-state index >= 15 is 0 Å². The monoisotopic (exact) mass is 299 g/mol. The smallest absolute Gasteiger partial charge is 0.292 e. The second kappa shape index (κ2) is 6.32. The minimum Gasteiger partial charge on any atom is -0.350 e. The molecule has 5 heteroatoms. The highest BCUT2D eigenvalue weighted by atomic mass is 16.5. The fraction of sp³-hybridized carbons (Fsp3) is 0.412. The molecule has 1 aromatic carbocycles. The van der Waals surface area contributed by atoms with Gasteiger partial charge in [0.25, 0.3) is 5.91 Å². The largest absolute Gasteiger partial charge is 0.350 e.